The average Bonchev–Trinajstić information content (AvgIpc) is 3.18. The molecule has 2 aromatic heterocycles. The van der Waals surface area contributed by atoms with Crippen molar-refractivity contribution in [2.75, 3.05) is 5.32 Å². The summed E-state index contributed by atoms with van der Waals surface area (Å²) in [7, 11) is 0. The summed E-state index contributed by atoms with van der Waals surface area (Å²) in [6, 6.07) is 11.9. The monoisotopic (exact) mass is 425 g/mol. The second-order valence-electron chi connectivity index (χ2n) is 7.41. The molecule has 0 saturated heterocycles. The van der Waals surface area contributed by atoms with E-state index in [9.17, 15) is 13.2 Å². The molecular formula is C23H18F3N3S. The van der Waals surface area contributed by atoms with Crippen LogP contribution in [-0.2, 0) is 19.0 Å². The first-order valence-corrected chi connectivity index (χ1v) is 10.7. The van der Waals surface area contributed by atoms with E-state index >= 15 is 0 Å². The molecular weight excluding hydrogens is 407 g/mol. The molecule has 7 heteroatoms. The smallest absolute Gasteiger partial charge is 0.339 e. The summed E-state index contributed by atoms with van der Waals surface area (Å²) in [6.07, 6.45) is 1.49. The largest absolute Gasteiger partial charge is 0.418 e. The maximum absolute atomic E-state index is 13.4. The molecule has 0 bridgehead atoms. The summed E-state index contributed by atoms with van der Waals surface area (Å²) in [5.41, 5.74) is 3.99. The summed E-state index contributed by atoms with van der Waals surface area (Å²) in [5, 5.41) is 5.67. The fourth-order valence-electron chi connectivity index (χ4n) is 4.05. The maximum Gasteiger partial charge on any atom is 0.418 e. The molecule has 0 spiro atoms. The van der Waals surface area contributed by atoms with Crippen molar-refractivity contribution in [3.8, 4) is 11.1 Å². The van der Waals surface area contributed by atoms with Gasteiger partial charge in [0.25, 0.3) is 0 Å². The highest BCUT2D eigenvalue weighted by Crippen LogP contribution is 2.41. The van der Waals surface area contributed by atoms with E-state index in [2.05, 4.69) is 33.5 Å². The third kappa shape index (κ3) is 3.43. The van der Waals surface area contributed by atoms with Crippen molar-refractivity contribution < 1.29 is 13.2 Å². The van der Waals surface area contributed by atoms with E-state index in [-0.39, 0.29) is 5.69 Å². The van der Waals surface area contributed by atoms with Gasteiger partial charge in [0.15, 0.2) is 0 Å². The molecule has 0 unspecified atom stereocenters. The Morgan fingerprint density at radius 3 is 2.57 bits per heavy atom. The molecule has 0 atom stereocenters. The van der Waals surface area contributed by atoms with Gasteiger partial charge in [-0.3, -0.25) is 0 Å². The minimum atomic E-state index is -4.45. The molecule has 0 saturated carbocycles. The first kappa shape index (κ1) is 19.1. The van der Waals surface area contributed by atoms with Crippen molar-refractivity contribution in [2.45, 2.75) is 31.9 Å². The number of halogens is 3. The van der Waals surface area contributed by atoms with Gasteiger partial charge in [0.2, 0.25) is 0 Å². The standard InChI is InChI=1S/C23H18F3N3S/c24-23(25,26)18-7-3-4-8-19(18)29-21-20-17(12-30-22(20)28-13-27-21)16-10-9-14-5-1-2-6-15(14)11-16/h3-4,7-13H,1-2,5-6H2,(H,27,28,29). The molecule has 1 aliphatic carbocycles. The first-order valence-electron chi connectivity index (χ1n) is 9.78. The van der Waals surface area contributed by atoms with Crippen molar-refractivity contribution in [1.82, 2.24) is 9.97 Å². The normalized spacial score (nSPS) is 14.0. The lowest BCUT2D eigenvalue weighted by Crippen LogP contribution is -2.09. The van der Waals surface area contributed by atoms with Gasteiger partial charge in [-0.2, -0.15) is 13.2 Å². The van der Waals surface area contributed by atoms with Gasteiger partial charge in [0, 0.05) is 10.9 Å². The second-order valence-corrected chi connectivity index (χ2v) is 8.27. The van der Waals surface area contributed by atoms with E-state index in [1.165, 1.54) is 53.8 Å². The van der Waals surface area contributed by atoms with Gasteiger partial charge in [-0.15, -0.1) is 11.3 Å². The van der Waals surface area contributed by atoms with E-state index in [1.807, 2.05) is 5.38 Å². The summed E-state index contributed by atoms with van der Waals surface area (Å²) < 4.78 is 40.3. The molecule has 0 amide bonds. The minimum Gasteiger partial charge on any atom is -0.339 e. The number of para-hydroxylation sites is 1. The van der Waals surface area contributed by atoms with Crippen molar-refractivity contribution in [2.24, 2.45) is 0 Å². The van der Waals surface area contributed by atoms with Crippen molar-refractivity contribution in [3.05, 3.63) is 70.9 Å². The van der Waals surface area contributed by atoms with Crippen LogP contribution in [0, 0.1) is 0 Å². The molecule has 2 aromatic carbocycles. The number of benzene rings is 2. The van der Waals surface area contributed by atoms with Crippen LogP contribution in [0.4, 0.5) is 24.7 Å². The van der Waals surface area contributed by atoms with E-state index in [4.69, 9.17) is 0 Å². The number of aryl methyl sites for hydroxylation is 2. The molecule has 0 fully saturated rings. The van der Waals surface area contributed by atoms with Crippen LogP contribution in [-0.4, -0.2) is 9.97 Å². The number of hydrogen-bond acceptors (Lipinski definition) is 4. The topological polar surface area (TPSA) is 37.8 Å². The quantitative estimate of drug-likeness (QED) is 0.384. The van der Waals surface area contributed by atoms with Crippen LogP contribution in [0.25, 0.3) is 21.3 Å². The molecule has 2 heterocycles. The number of rotatable bonds is 3. The van der Waals surface area contributed by atoms with Gasteiger partial charge in [0.05, 0.1) is 16.6 Å². The number of fused-ring (bicyclic) bond motifs is 2. The Morgan fingerprint density at radius 2 is 1.73 bits per heavy atom. The zero-order chi connectivity index (χ0) is 20.7. The fraction of sp³-hybridized carbons (Fsp3) is 0.217. The zero-order valence-electron chi connectivity index (χ0n) is 16.0. The van der Waals surface area contributed by atoms with Gasteiger partial charge in [-0.05, 0) is 54.5 Å². The van der Waals surface area contributed by atoms with Crippen LogP contribution in [0.15, 0.2) is 54.2 Å². The number of thiophene rings is 1. The fourth-order valence-corrected chi connectivity index (χ4v) is 4.97. The predicted octanol–water partition coefficient (Wildman–Crippen LogP) is 7.00. The van der Waals surface area contributed by atoms with Crippen LogP contribution in [0.1, 0.15) is 29.5 Å². The molecule has 0 aliphatic heterocycles. The Morgan fingerprint density at radius 1 is 0.933 bits per heavy atom. The van der Waals surface area contributed by atoms with Crippen LogP contribution in [0.2, 0.25) is 0 Å². The lowest BCUT2D eigenvalue weighted by molar-refractivity contribution is -0.136. The van der Waals surface area contributed by atoms with Gasteiger partial charge < -0.3 is 5.32 Å². The van der Waals surface area contributed by atoms with Crippen LogP contribution in [0.3, 0.4) is 0 Å². The zero-order valence-corrected chi connectivity index (χ0v) is 16.8. The molecule has 1 aliphatic rings. The Labute approximate surface area is 175 Å². The Balaban J connectivity index is 1.62. The SMILES string of the molecule is FC(F)(F)c1ccccc1Nc1ncnc2scc(-c3ccc4c(c3)CCCC4)c12. The third-order valence-corrected chi connectivity index (χ3v) is 6.40. The molecule has 4 aromatic rings. The number of nitrogens with zero attached hydrogens (tertiary/aromatic N) is 2. The number of hydrogen-bond donors (Lipinski definition) is 1. The number of anilines is 2. The summed E-state index contributed by atoms with van der Waals surface area (Å²) >= 11 is 1.47. The van der Waals surface area contributed by atoms with Crippen LogP contribution < -0.4 is 5.32 Å². The lowest BCUT2D eigenvalue weighted by Gasteiger charge is -2.17. The van der Waals surface area contributed by atoms with E-state index < -0.39 is 11.7 Å². The second kappa shape index (κ2) is 7.40. The predicted molar refractivity (Wildman–Crippen MR) is 114 cm³/mol. The van der Waals surface area contributed by atoms with E-state index in [1.54, 1.807) is 6.07 Å². The molecule has 1 N–H and O–H groups in total. The van der Waals surface area contributed by atoms with Crippen molar-refractivity contribution in [1.29, 1.82) is 0 Å². The van der Waals surface area contributed by atoms with Gasteiger partial charge in [-0.1, -0.05) is 30.3 Å². The summed E-state index contributed by atoms with van der Waals surface area (Å²) in [4.78, 5) is 9.36. The van der Waals surface area contributed by atoms with Gasteiger partial charge in [0.1, 0.15) is 17.0 Å². The maximum atomic E-state index is 13.4. The Bertz CT molecular complexity index is 1230. The number of nitrogens with one attached hydrogen (secondary N) is 1. The summed E-state index contributed by atoms with van der Waals surface area (Å²) in [5.74, 6) is 0.380. The van der Waals surface area contributed by atoms with E-state index in [0.29, 0.717) is 5.82 Å². The molecule has 30 heavy (non-hydrogen) atoms. The van der Waals surface area contributed by atoms with Crippen LogP contribution >= 0.6 is 11.3 Å². The number of aromatic nitrogens is 2. The molecule has 5 rings (SSSR count). The Hall–Kier alpha value is -2.93. The molecule has 0 radical (unpaired) electrons. The Kier molecular flexibility index (Phi) is 4.70. The minimum absolute atomic E-state index is 0.0207. The lowest BCUT2D eigenvalue weighted by atomic mass is 9.89. The number of alkyl halides is 3. The van der Waals surface area contributed by atoms with Crippen molar-refractivity contribution in [3.63, 3.8) is 0 Å². The highest BCUT2D eigenvalue weighted by atomic mass is 32.1. The van der Waals surface area contributed by atoms with E-state index in [0.717, 1.165) is 40.3 Å². The first-order chi connectivity index (χ1) is 14.5. The van der Waals surface area contributed by atoms with Gasteiger partial charge in [-0.25, -0.2) is 9.97 Å². The average molecular weight is 425 g/mol. The molecule has 152 valence electrons. The van der Waals surface area contributed by atoms with Crippen molar-refractivity contribution >= 4 is 33.1 Å². The van der Waals surface area contributed by atoms with Gasteiger partial charge >= 0.3 is 6.18 Å². The highest BCUT2D eigenvalue weighted by molar-refractivity contribution is 7.17. The highest BCUT2D eigenvalue weighted by Gasteiger charge is 2.33. The third-order valence-electron chi connectivity index (χ3n) is 5.52. The summed E-state index contributed by atoms with van der Waals surface area (Å²) in [6.45, 7) is 0. The molecule has 3 nitrogen and oxygen atoms in total. The van der Waals surface area contributed by atoms with Crippen LogP contribution in [0.5, 0.6) is 0 Å².